The molecule has 0 aliphatic carbocycles. The van der Waals surface area contributed by atoms with Gasteiger partial charge in [-0.2, -0.15) is 4.73 Å². The van der Waals surface area contributed by atoms with Crippen LogP contribution in [0.3, 0.4) is 0 Å². The van der Waals surface area contributed by atoms with E-state index < -0.39 is 0 Å². The van der Waals surface area contributed by atoms with Crippen LogP contribution >= 0.6 is 11.8 Å². The zero-order valence-electron chi connectivity index (χ0n) is 9.89. The van der Waals surface area contributed by atoms with Gasteiger partial charge in [0.1, 0.15) is 0 Å². The molecule has 5 heteroatoms. The summed E-state index contributed by atoms with van der Waals surface area (Å²) in [6.45, 7) is 0. The molecule has 3 rings (SSSR count). The van der Waals surface area contributed by atoms with Gasteiger partial charge in [0.2, 0.25) is 0 Å². The average Bonchev–Trinajstić information content (AvgIpc) is 2.46. The molecule has 0 saturated carbocycles. The van der Waals surface area contributed by atoms with Crippen LogP contribution in [-0.4, -0.2) is 0 Å². The van der Waals surface area contributed by atoms with E-state index in [9.17, 15) is 10.4 Å². The standard InChI is InChI=1S/C14H10N2O2S/c17-15-10-14(19-11-6-2-1-3-7-11)16(18)13-9-5-4-8-12(13)15/h1-10H. The second-order valence-corrected chi connectivity index (χ2v) is 5.09. The lowest BCUT2D eigenvalue weighted by Crippen LogP contribution is -2.39. The fourth-order valence-corrected chi connectivity index (χ4v) is 2.70. The molecular formula is C14H10N2O2S. The molecule has 0 bridgehead atoms. The summed E-state index contributed by atoms with van der Waals surface area (Å²) >= 11 is 1.27. The summed E-state index contributed by atoms with van der Waals surface area (Å²) in [6, 6.07) is 16.2. The lowest BCUT2D eigenvalue weighted by Gasteiger charge is -2.07. The van der Waals surface area contributed by atoms with Crippen LogP contribution in [0.25, 0.3) is 11.0 Å². The monoisotopic (exact) mass is 270 g/mol. The molecule has 0 aliphatic heterocycles. The van der Waals surface area contributed by atoms with E-state index >= 15 is 0 Å². The van der Waals surface area contributed by atoms with E-state index in [1.165, 1.54) is 18.0 Å². The summed E-state index contributed by atoms with van der Waals surface area (Å²) in [6.07, 6.45) is 1.31. The first-order chi connectivity index (χ1) is 9.25. The molecule has 0 atom stereocenters. The Labute approximate surface area is 114 Å². The topological polar surface area (TPSA) is 53.9 Å². The smallest absolute Gasteiger partial charge is 0.322 e. The van der Waals surface area contributed by atoms with Crippen LogP contribution in [0.1, 0.15) is 0 Å². The number of aromatic nitrogens is 2. The van der Waals surface area contributed by atoms with Crippen LogP contribution in [0, 0.1) is 10.4 Å². The molecule has 0 spiro atoms. The Bertz CT molecular complexity index is 732. The molecule has 0 radical (unpaired) electrons. The highest BCUT2D eigenvalue weighted by atomic mass is 32.2. The first-order valence-corrected chi connectivity index (χ1v) is 6.55. The second-order valence-electron chi connectivity index (χ2n) is 3.99. The van der Waals surface area contributed by atoms with E-state index in [4.69, 9.17) is 0 Å². The van der Waals surface area contributed by atoms with E-state index in [2.05, 4.69) is 0 Å². The van der Waals surface area contributed by atoms with Gasteiger partial charge in [0, 0.05) is 17.0 Å². The van der Waals surface area contributed by atoms with E-state index in [-0.39, 0.29) is 0 Å². The maximum absolute atomic E-state index is 12.2. The number of hydrogen-bond acceptors (Lipinski definition) is 3. The molecule has 0 unspecified atom stereocenters. The number of para-hydroxylation sites is 2. The van der Waals surface area contributed by atoms with Crippen molar-refractivity contribution in [2.45, 2.75) is 9.92 Å². The van der Waals surface area contributed by atoms with Crippen molar-refractivity contribution in [2.75, 3.05) is 0 Å². The van der Waals surface area contributed by atoms with Gasteiger partial charge in [-0.1, -0.05) is 30.3 Å². The van der Waals surface area contributed by atoms with Crippen molar-refractivity contribution in [1.29, 1.82) is 0 Å². The van der Waals surface area contributed by atoms with Crippen LogP contribution in [0.5, 0.6) is 0 Å². The Kier molecular flexibility index (Phi) is 2.97. The molecule has 1 aromatic heterocycles. The third-order valence-corrected chi connectivity index (χ3v) is 3.72. The molecule has 0 N–H and O–H groups in total. The molecule has 0 saturated heterocycles. The molecule has 0 fully saturated rings. The Morgan fingerprint density at radius 2 is 1.42 bits per heavy atom. The first kappa shape index (κ1) is 11.8. The molecule has 2 aromatic carbocycles. The van der Waals surface area contributed by atoms with E-state index in [0.29, 0.717) is 16.1 Å². The van der Waals surface area contributed by atoms with Crippen LogP contribution in [0.15, 0.2) is 70.7 Å². The van der Waals surface area contributed by atoms with Crippen molar-refractivity contribution >= 4 is 22.8 Å². The van der Waals surface area contributed by atoms with Crippen LogP contribution in [0.2, 0.25) is 0 Å². The van der Waals surface area contributed by atoms with Crippen LogP contribution < -0.4 is 9.46 Å². The van der Waals surface area contributed by atoms with Crippen molar-refractivity contribution in [3.8, 4) is 0 Å². The predicted octanol–water partition coefficient (Wildman–Crippen LogP) is 2.26. The normalized spacial score (nSPS) is 10.7. The summed E-state index contributed by atoms with van der Waals surface area (Å²) in [4.78, 5) is 0.919. The number of hydrogen-bond donors (Lipinski definition) is 0. The van der Waals surface area contributed by atoms with Gasteiger partial charge in [0.05, 0.1) is 0 Å². The maximum Gasteiger partial charge on any atom is 0.322 e. The van der Waals surface area contributed by atoms with Gasteiger partial charge >= 0.3 is 5.03 Å². The molecular weight excluding hydrogens is 260 g/mol. The maximum atomic E-state index is 12.2. The first-order valence-electron chi connectivity index (χ1n) is 5.73. The second kappa shape index (κ2) is 4.78. The summed E-state index contributed by atoms with van der Waals surface area (Å²) in [5.74, 6) is 0. The average molecular weight is 270 g/mol. The molecule has 1 heterocycles. The molecule has 3 aromatic rings. The number of fused-ring (bicyclic) bond motifs is 1. The minimum atomic E-state index is 0.361. The third-order valence-electron chi connectivity index (χ3n) is 2.73. The summed E-state index contributed by atoms with van der Waals surface area (Å²) in [5.41, 5.74) is 0.744. The summed E-state index contributed by atoms with van der Waals surface area (Å²) in [7, 11) is 0. The largest absolute Gasteiger partial charge is 0.618 e. The molecule has 94 valence electrons. The van der Waals surface area contributed by atoms with Gasteiger partial charge < -0.3 is 10.4 Å². The van der Waals surface area contributed by atoms with Crippen molar-refractivity contribution in [2.24, 2.45) is 0 Å². The van der Waals surface area contributed by atoms with Crippen molar-refractivity contribution in [3.05, 3.63) is 71.2 Å². The lowest BCUT2D eigenvalue weighted by molar-refractivity contribution is -0.659. The Balaban J connectivity index is 2.12. The van der Waals surface area contributed by atoms with Crippen molar-refractivity contribution < 1.29 is 9.46 Å². The van der Waals surface area contributed by atoms with Crippen LogP contribution in [0.4, 0.5) is 0 Å². The molecule has 19 heavy (non-hydrogen) atoms. The number of nitrogens with zero attached hydrogens (tertiary/aromatic N) is 2. The van der Waals surface area contributed by atoms with E-state index in [1.807, 2.05) is 30.3 Å². The van der Waals surface area contributed by atoms with Gasteiger partial charge in [-0.05, 0) is 23.9 Å². The summed E-state index contributed by atoms with van der Waals surface area (Å²) < 4.78 is 1.52. The minimum Gasteiger partial charge on any atom is -0.618 e. The Morgan fingerprint density at radius 3 is 2.16 bits per heavy atom. The Hall–Kier alpha value is -2.27. The van der Waals surface area contributed by atoms with Gasteiger partial charge in [0.15, 0.2) is 0 Å². The highest BCUT2D eigenvalue weighted by molar-refractivity contribution is 7.99. The summed E-state index contributed by atoms with van der Waals surface area (Å²) in [5, 5.41) is 24.5. The number of benzene rings is 2. The molecule has 4 nitrogen and oxygen atoms in total. The van der Waals surface area contributed by atoms with Crippen molar-refractivity contribution in [3.63, 3.8) is 0 Å². The number of rotatable bonds is 2. The van der Waals surface area contributed by atoms with E-state index in [0.717, 1.165) is 14.4 Å². The fraction of sp³-hybridized carbons (Fsp3) is 0. The zero-order valence-corrected chi connectivity index (χ0v) is 10.7. The molecule has 0 amide bonds. The minimum absolute atomic E-state index is 0.361. The third kappa shape index (κ3) is 2.20. The van der Waals surface area contributed by atoms with Crippen molar-refractivity contribution in [1.82, 2.24) is 0 Å². The van der Waals surface area contributed by atoms with Gasteiger partial charge in [0.25, 0.3) is 17.2 Å². The van der Waals surface area contributed by atoms with E-state index in [1.54, 1.807) is 24.3 Å². The highest BCUT2D eigenvalue weighted by Gasteiger charge is 2.19. The predicted molar refractivity (Wildman–Crippen MR) is 72.4 cm³/mol. The molecule has 0 aliphatic rings. The van der Waals surface area contributed by atoms with Gasteiger partial charge in [-0.3, -0.25) is 0 Å². The van der Waals surface area contributed by atoms with Gasteiger partial charge in [-0.25, -0.2) is 0 Å². The quantitative estimate of drug-likeness (QED) is 0.530. The highest BCUT2D eigenvalue weighted by Crippen LogP contribution is 2.24. The Morgan fingerprint density at radius 1 is 0.789 bits per heavy atom. The zero-order chi connectivity index (χ0) is 13.2. The SMILES string of the molecule is [O-][n+]1cc(Sc2ccccc2)[n+]([O-])c2ccccc21. The fourth-order valence-electron chi connectivity index (χ4n) is 1.84. The van der Waals surface area contributed by atoms with Gasteiger partial charge in [-0.15, -0.1) is 4.73 Å². The lowest BCUT2D eigenvalue weighted by atomic mass is 10.3. The van der Waals surface area contributed by atoms with Crippen LogP contribution in [-0.2, 0) is 0 Å².